The summed E-state index contributed by atoms with van der Waals surface area (Å²) >= 11 is 0. The first-order chi connectivity index (χ1) is 6.52. The van der Waals surface area contributed by atoms with Gasteiger partial charge >= 0.3 is 5.97 Å². The average Bonchev–Trinajstić information content (AvgIpc) is 2.31. The van der Waals surface area contributed by atoms with E-state index < -0.39 is 5.97 Å². The maximum Gasteiger partial charge on any atom is 0.303 e. The molecule has 1 aliphatic heterocycles. The second-order valence-corrected chi connectivity index (χ2v) is 3.22. The number of hydrogen-bond acceptors (Lipinski definition) is 3. The minimum atomic E-state index is -0.878. The molecule has 0 aromatic rings. The standard InChI is InChI=1S/C8H13N3O3.CH4/c1-10-5-6(12)11(8(10)9)4-2-3-7(13)14;/h9H,2-5H2,1H3,(H,13,14);1H4. The smallest absolute Gasteiger partial charge is 0.303 e. The van der Waals surface area contributed by atoms with Crippen LogP contribution >= 0.6 is 0 Å². The van der Waals surface area contributed by atoms with Gasteiger partial charge in [0, 0.05) is 20.0 Å². The Morgan fingerprint density at radius 1 is 1.60 bits per heavy atom. The molecular formula is C9H17N3O3. The van der Waals surface area contributed by atoms with Crippen molar-refractivity contribution in [3.8, 4) is 0 Å². The number of amides is 1. The zero-order chi connectivity index (χ0) is 10.7. The first-order valence-corrected chi connectivity index (χ1v) is 4.34. The molecule has 1 saturated heterocycles. The number of rotatable bonds is 4. The zero-order valence-corrected chi connectivity index (χ0v) is 7.99. The highest BCUT2D eigenvalue weighted by atomic mass is 16.4. The van der Waals surface area contributed by atoms with Gasteiger partial charge in [-0.25, -0.2) is 0 Å². The largest absolute Gasteiger partial charge is 0.481 e. The number of nitrogens with one attached hydrogen (secondary N) is 1. The van der Waals surface area contributed by atoms with Gasteiger partial charge in [-0.2, -0.15) is 0 Å². The Kier molecular flexibility index (Phi) is 4.77. The van der Waals surface area contributed by atoms with Crippen LogP contribution in [-0.4, -0.2) is 52.9 Å². The summed E-state index contributed by atoms with van der Waals surface area (Å²) in [4.78, 5) is 24.3. The highest BCUT2D eigenvalue weighted by Crippen LogP contribution is 2.07. The second kappa shape index (κ2) is 5.33. The van der Waals surface area contributed by atoms with Crippen molar-refractivity contribution >= 4 is 17.8 Å². The predicted octanol–water partition coefficient (Wildman–Crippen LogP) is 0.196. The van der Waals surface area contributed by atoms with Gasteiger partial charge in [0.15, 0.2) is 0 Å². The van der Waals surface area contributed by atoms with Gasteiger partial charge in [-0.15, -0.1) is 0 Å². The van der Waals surface area contributed by atoms with E-state index in [1.54, 1.807) is 7.05 Å². The molecule has 0 aliphatic carbocycles. The lowest BCUT2D eigenvalue weighted by Crippen LogP contribution is -2.33. The van der Waals surface area contributed by atoms with Crippen LogP contribution in [0.25, 0.3) is 0 Å². The van der Waals surface area contributed by atoms with E-state index in [-0.39, 0.29) is 32.3 Å². The minimum Gasteiger partial charge on any atom is -0.481 e. The number of aliphatic carboxylic acids is 1. The van der Waals surface area contributed by atoms with Crippen LogP contribution in [0.3, 0.4) is 0 Å². The molecule has 0 saturated carbocycles. The van der Waals surface area contributed by atoms with Crippen molar-refractivity contribution < 1.29 is 14.7 Å². The Balaban J connectivity index is 0.00000196. The van der Waals surface area contributed by atoms with Crippen molar-refractivity contribution in [2.24, 2.45) is 0 Å². The number of carbonyl (C=O) groups is 2. The average molecular weight is 215 g/mol. The van der Waals surface area contributed by atoms with Crippen LogP contribution in [0.5, 0.6) is 0 Å². The minimum absolute atomic E-state index is 0. The number of carboxylic acid groups (broad SMARTS) is 1. The molecule has 1 fully saturated rings. The fourth-order valence-electron chi connectivity index (χ4n) is 1.31. The number of likely N-dealkylation sites (N-methyl/N-ethyl adjacent to an activating group) is 1. The maximum absolute atomic E-state index is 11.3. The summed E-state index contributed by atoms with van der Waals surface area (Å²) in [7, 11) is 1.66. The molecular weight excluding hydrogens is 198 g/mol. The van der Waals surface area contributed by atoms with E-state index >= 15 is 0 Å². The van der Waals surface area contributed by atoms with E-state index in [4.69, 9.17) is 10.5 Å². The van der Waals surface area contributed by atoms with Gasteiger partial charge in [-0.1, -0.05) is 7.43 Å². The summed E-state index contributed by atoms with van der Waals surface area (Å²) in [6.07, 6.45) is 0.415. The van der Waals surface area contributed by atoms with Crippen molar-refractivity contribution in [3.63, 3.8) is 0 Å². The van der Waals surface area contributed by atoms with Crippen molar-refractivity contribution in [3.05, 3.63) is 0 Å². The number of guanidine groups is 1. The van der Waals surface area contributed by atoms with Gasteiger partial charge in [-0.05, 0) is 6.42 Å². The maximum atomic E-state index is 11.3. The van der Waals surface area contributed by atoms with Gasteiger partial charge < -0.3 is 10.0 Å². The van der Waals surface area contributed by atoms with Crippen LogP contribution in [0.2, 0.25) is 0 Å². The quantitative estimate of drug-likeness (QED) is 0.701. The molecule has 0 unspecified atom stereocenters. The van der Waals surface area contributed by atoms with Crippen molar-refractivity contribution in [1.29, 1.82) is 5.41 Å². The van der Waals surface area contributed by atoms with Crippen molar-refractivity contribution in [2.75, 3.05) is 20.1 Å². The van der Waals surface area contributed by atoms with Crippen LogP contribution in [0.15, 0.2) is 0 Å². The van der Waals surface area contributed by atoms with Gasteiger partial charge in [-0.3, -0.25) is 19.9 Å². The predicted molar refractivity (Wildman–Crippen MR) is 55.7 cm³/mol. The Labute approximate surface area is 89.0 Å². The highest BCUT2D eigenvalue weighted by Gasteiger charge is 2.29. The van der Waals surface area contributed by atoms with Crippen LogP contribution in [0, 0.1) is 5.41 Å². The fourth-order valence-corrected chi connectivity index (χ4v) is 1.31. The third-order valence-corrected chi connectivity index (χ3v) is 2.06. The summed E-state index contributed by atoms with van der Waals surface area (Å²) in [6.45, 7) is 0.528. The third kappa shape index (κ3) is 3.23. The van der Waals surface area contributed by atoms with Crippen LogP contribution in [-0.2, 0) is 9.59 Å². The van der Waals surface area contributed by atoms with E-state index in [0.29, 0.717) is 13.0 Å². The summed E-state index contributed by atoms with van der Waals surface area (Å²) in [6, 6.07) is 0. The SMILES string of the molecule is C.CN1CC(=O)N(CCCC(=O)O)C1=N. The molecule has 1 amide bonds. The molecule has 2 N–H and O–H groups in total. The van der Waals surface area contributed by atoms with Crippen LogP contribution in [0.4, 0.5) is 0 Å². The molecule has 1 aliphatic rings. The molecule has 6 heteroatoms. The summed E-state index contributed by atoms with van der Waals surface area (Å²) in [5.74, 6) is -0.861. The number of carbonyl (C=O) groups excluding carboxylic acids is 1. The Morgan fingerprint density at radius 3 is 2.60 bits per heavy atom. The molecule has 6 nitrogen and oxygen atoms in total. The summed E-state index contributed by atoms with van der Waals surface area (Å²) < 4.78 is 0. The van der Waals surface area contributed by atoms with Crippen LogP contribution in [0.1, 0.15) is 20.3 Å². The highest BCUT2D eigenvalue weighted by molar-refractivity contribution is 6.02. The molecule has 0 bridgehead atoms. The summed E-state index contributed by atoms with van der Waals surface area (Å²) in [5, 5.41) is 15.9. The molecule has 86 valence electrons. The van der Waals surface area contributed by atoms with E-state index in [1.807, 2.05) is 0 Å². The number of nitrogens with zero attached hydrogens (tertiary/aromatic N) is 2. The molecule has 0 radical (unpaired) electrons. The van der Waals surface area contributed by atoms with E-state index in [9.17, 15) is 9.59 Å². The van der Waals surface area contributed by atoms with E-state index in [0.717, 1.165) is 0 Å². The monoisotopic (exact) mass is 215 g/mol. The molecule has 1 heterocycles. The summed E-state index contributed by atoms with van der Waals surface area (Å²) in [5.41, 5.74) is 0. The Bertz CT molecular complexity index is 278. The second-order valence-electron chi connectivity index (χ2n) is 3.22. The molecule has 1 rings (SSSR count). The van der Waals surface area contributed by atoms with Crippen molar-refractivity contribution in [2.45, 2.75) is 20.3 Å². The zero-order valence-electron chi connectivity index (χ0n) is 7.99. The van der Waals surface area contributed by atoms with Gasteiger partial charge in [0.25, 0.3) is 0 Å². The van der Waals surface area contributed by atoms with Gasteiger partial charge in [0.05, 0.1) is 6.54 Å². The third-order valence-electron chi connectivity index (χ3n) is 2.06. The van der Waals surface area contributed by atoms with Crippen molar-refractivity contribution in [1.82, 2.24) is 9.80 Å². The first kappa shape index (κ1) is 13.4. The van der Waals surface area contributed by atoms with Gasteiger partial charge in [0.1, 0.15) is 0 Å². The molecule has 15 heavy (non-hydrogen) atoms. The molecule has 0 spiro atoms. The lowest BCUT2D eigenvalue weighted by Gasteiger charge is -2.15. The van der Waals surface area contributed by atoms with E-state index in [2.05, 4.69) is 0 Å². The number of carboxylic acids is 1. The topological polar surface area (TPSA) is 84.7 Å². The molecule has 0 aromatic carbocycles. The molecule has 0 atom stereocenters. The number of hydrogen-bond donors (Lipinski definition) is 2. The lowest BCUT2D eigenvalue weighted by atomic mass is 10.3. The van der Waals surface area contributed by atoms with Crippen LogP contribution < -0.4 is 0 Å². The van der Waals surface area contributed by atoms with Gasteiger partial charge in [0.2, 0.25) is 11.9 Å². The lowest BCUT2D eigenvalue weighted by molar-refractivity contribution is -0.137. The first-order valence-electron chi connectivity index (χ1n) is 4.34. The normalized spacial score (nSPS) is 15.5. The van der Waals surface area contributed by atoms with E-state index in [1.165, 1.54) is 9.80 Å². The molecule has 0 aromatic heterocycles. The fraction of sp³-hybridized carbons (Fsp3) is 0.667. The Morgan fingerprint density at radius 2 is 2.20 bits per heavy atom. The Hall–Kier alpha value is -1.59.